The molecular weight excluding hydrogens is 1010 g/mol. The number of nitrogens with one attached hydrogen (secondary N) is 1. The Bertz CT molecular complexity index is 1330. The SMILES string of the molecule is CCCCCCCCCCC/C=C/C(O)C(CO)NC(=O)CCCCCCCCCCCCCCCCCCC/C=C\C/C=C\CCCCCCCCCCCCCCCCCOC(=O)CCCCCCCCCCCCCCCCC. The molecule has 0 aliphatic rings. The predicted octanol–water partition coefficient (Wildman–Crippen LogP) is 24.3. The van der Waals surface area contributed by atoms with Crippen LogP contribution in [0, 0.1) is 0 Å². The first-order valence-corrected chi connectivity index (χ1v) is 37.3. The van der Waals surface area contributed by atoms with Crippen molar-refractivity contribution in [3.8, 4) is 0 Å². The molecule has 0 saturated carbocycles. The first-order valence-electron chi connectivity index (χ1n) is 37.3. The number of aliphatic hydroxyl groups is 2. The minimum atomic E-state index is -0.841. The van der Waals surface area contributed by atoms with E-state index in [1.807, 2.05) is 6.08 Å². The Morgan fingerprint density at radius 1 is 0.341 bits per heavy atom. The zero-order valence-electron chi connectivity index (χ0n) is 55.5. The summed E-state index contributed by atoms with van der Waals surface area (Å²) in [6, 6.07) is -0.624. The summed E-state index contributed by atoms with van der Waals surface area (Å²) in [7, 11) is 0. The van der Waals surface area contributed by atoms with Crippen LogP contribution < -0.4 is 5.32 Å². The summed E-state index contributed by atoms with van der Waals surface area (Å²) in [6.45, 7) is 4.93. The molecule has 0 bridgehead atoms. The predicted molar refractivity (Wildman–Crippen MR) is 361 cm³/mol. The highest BCUT2D eigenvalue weighted by Crippen LogP contribution is 2.19. The van der Waals surface area contributed by atoms with E-state index < -0.39 is 12.1 Å². The first kappa shape index (κ1) is 80.1. The molecule has 0 heterocycles. The normalized spacial score (nSPS) is 12.7. The molecule has 3 N–H and O–H groups in total. The second-order valence-electron chi connectivity index (χ2n) is 25.6. The van der Waals surface area contributed by atoms with Crippen molar-refractivity contribution in [2.24, 2.45) is 0 Å². The minimum Gasteiger partial charge on any atom is -0.466 e. The number of amides is 1. The molecule has 0 fully saturated rings. The minimum absolute atomic E-state index is 0.0235. The third-order valence-electron chi connectivity index (χ3n) is 17.4. The van der Waals surface area contributed by atoms with Gasteiger partial charge in [0.15, 0.2) is 0 Å². The Kier molecular flexibility index (Phi) is 69.9. The molecule has 0 radical (unpaired) electrons. The van der Waals surface area contributed by atoms with Crippen LogP contribution in [0.3, 0.4) is 0 Å². The average Bonchev–Trinajstić information content (AvgIpc) is 3.48. The van der Waals surface area contributed by atoms with E-state index in [2.05, 4.69) is 43.5 Å². The highest BCUT2D eigenvalue weighted by Gasteiger charge is 2.18. The van der Waals surface area contributed by atoms with Gasteiger partial charge in [-0.2, -0.15) is 0 Å². The van der Waals surface area contributed by atoms with E-state index in [9.17, 15) is 19.8 Å². The maximum absolute atomic E-state index is 12.4. The van der Waals surface area contributed by atoms with Gasteiger partial charge in [0.05, 0.1) is 25.4 Å². The summed E-state index contributed by atoms with van der Waals surface area (Å²) in [5.74, 6) is -0.0411. The third kappa shape index (κ3) is 67.2. The fourth-order valence-corrected chi connectivity index (χ4v) is 11.7. The van der Waals surface area contributed by atoms with Crippen molar-refractivity contribution in [1.29, 1.82) is 0 Å². The average molecular weight is 1150 g/mol. The van der Waals surface area contributed by atoms with Gasteiger partial charge in [0.25, 0.3) is 0 Å². The monoisotopic (exact) mass is 1150 g/mol. The zero-order valence-corrected chi connectivity index (χ0v) is 55.5. The van der Waals surface area contributed by atoms with Crippen molar-refractivity contribution in [3.63, 3.8) is 0 Å². The van der Waals surface area contributed by atoms with Crippen LogP contribution >= 0.6 is 0 Å². The molecule has 484 valence electrons. The second kappa shape index (κ2) is 71.6. The van der Waals surface area contributed by atoms with Crippen molar-refractivity contribution >= 4 is 11.9 Å². The van der Waals surface area contributed by atoms with Gasteiger partial charge in [0, 0.05) is 12.8 Å². The number of ether oxygens (including phenoxy) is 1. The Morgan fingerprint density at radius 2 is 0.610 bits per heavy atom. The number of hydrogen-bond donors (Lipinski definition) is 3. The number of hydrogen-bond acceptors (Lipinski definition) is 5. The second-order valence-corrected chi connectivity index (χ2v) is 25.6. The number of esters is 1. The molecule has 2 unspecified atom stereocenters. The molecular formula is C76H145NO5. The molecule has 0 aliphatic carbocycles. The maximum Gasteiger partial charge on any atom is 0.305 e. The molecule has 6 nitrogen and oxygen atoms in total. The number of carbonyl (C=O) groups is 2. The Labute approximate surface area is 513 Å². The van der Waals surface area contributed by atoms with Crippen molar-refractivity contribution < 1.29 is 24.5 Å². The Hall–Kier alpha value is -1.92. The van der Waals surface area contributed by atoms with Gasteiger partial charge in [0.1, 0.15) is 0 Å². The lowest BCUT2D eigenvalue weighted by Gasteiger charge is -2.20. The van der Waals surface area contributed by atoms with Crippen molar-refractivity contribution in [2.45, 2.75) is 424 Å². The molecule has 82 heavy (non-hydrogen) atoms. The maximum atomic E-state index is 12.4. The molecule has 0 rings (SSSR count). The van der Waals surface area contributed by atoms with Crippen LogP contribution in [0.4, 0.5) is 0 Å². The van der Waals surface area contributed by atoms with E-state index in [1.165, 1.54) is 340 Å². The van der Waals surface area contributed by atoms with Crippen LogP contribution in [0.15, 0.2) is 36.5 Å². The van der Waals surface area contributed by atoms with Gasteiger partial charge >= 0.3 is 5.97 Å². The molecule has 2 atom stereocenters. The molecule has 0 aliphatic heterocycles. The van der Waals surface area contributed by atoms with Gasteiger partial charge in [0.2, 0.25) is 5.91 Å². The standard InChI is InChI=1S/C76H145NO5/c1-3-5-7-9-11-13-15-16-42-46-50-54-58-62-66-70-76(81)82-71-67-63-59-55-51-47-44-41-39-37-35-33-31-29-27-25-23-21-19-17-18-20-22-24-26-28-30-32-34-36-38-40-43-45-49-53-57-61-65-69-75(80)77-73(72-78)74(79)68-64-60-56-52-48-14-12-10-8-6-4-2/h17-18,21,23,64,68,73-74,78-79H,3-16,19-20,22,24-63,65-67,69-72H2,1-2H3,(H,77,80)/b18-17-,23-21-,68-64+. The topological polar surface area (TPSA) is 95.9 Å². The molecule has 1 amide bonds. The van der Waals surface area contributed by atoms with E-state index in [-0.39, 0.29) is 18.5 Å². The summed E-state index contributed by atoms with van der Waals surface area (Å²) < 4.78 is 5.50. The van der Waals surface area contributed by atoms with E-state index in [0.717, 1.165) is 44.9 Å². The lowest BCUT2D eigenvalue weighted by Crippen LogP contribution is -2.45. The number of aliphatic hydroxyl groups excluding tert-OH is 2. The van der Waals surface area contributed by atoms with Crippen molar-refractivity contribution in [1.82, 2.24) is 5.32 Å². The van der Waals surface area contributed by atoms with Gasteiger partial charge in [-0.1, -0.05) is 371 Å². The summed E-state index contributed by atoms with van der Waals surface area (Å²) in [5, 5.41) is 23.1. The third-order valence-corrected chi connectivity index (χ3v) is 17.4. The molecule has 0 aromatic carbocycles. The summed E-state index contributed by atoms with van der Waals surface area (Å²) in [6.07, 6.45) is 92.6. The van der Waals surface area contributed by atoms with E-state index in [4.69, 9.17) is 4.74 Å². The van der Waals surface area contributed by atoms with Crippen LogP contribution in [0.1, 0.15) is 412 Å². The van der Waals surface area contributed by atoms with Crippen LogP contribution in [0.25, 0.3) is 0 Å². The number of rotatable bonds is 70. The van der Waals surface area contributed by atoms with E-state index in [0.29, 0.717) is 19.4 Å². The van der Waals surface area contributed by atoms with Gasteiger partial charge in [-0.25, -0.2) is 0 Å². The molecule has 0 aromatic heterocycles. The molecule has 0 saturated heterocycles. The van der Waals surface area contributed by atoms with Crippen LogP contribution in [0.5, 0.6) is 0 Å². The highest BCUT2D eigenvalue weighted by atomic mass is 16.5. The van der Waals surface area contributed by atoms with Crippen LogP contribution in [0.2, 0.25) is 0 Å². The largest absolute Gasteiger partial charge is 0.466 e. The molecule has 0 aromatic rings. The summed E-state index contributed by atoms with van der Waals surface area (Å²) in [4.78, 5) is 24.5. The summed E-state index contributed by atoms with van der Waals surface area (Å²) >= 11 is 0. The number of allylic oxidation sites excluding steroid dienone is 5. The molecule has 6 heteroatoms. The van der Waals surface area contributed by atoms with Crippen LogP contribution in [-0.2, 0) is 14.3 Å². The lowest BCUT2D eigenvalue weighted by molar-refractivity contribution is -0.143. The van der Waals surface area contributed by atoms with Gasteiger partial charge in [-0.15, -0.1) is 0 Å². The quantitative estimate of drug-likeness (QED) is 0.0320. The fourth-order valence-electron chi connectivity index (χ4n) is 11.7. The van der Waals surface area contributed by atoms with E-state index >= 15 is 0 Å². The van der Waals surface area contributed by atoms with E-state index in [1.54, 1.807) is 6.08 Å². The van der Waals surface area contributed by atoms with Gasteiger partial charge in [-0.05, 0) is 64.2 Å². The summed E-state index contributed by atoms with van der Waals surface area (Å²) in [5.41, 5.74) is 0. The lowest BCUT2D eigenvalue weighted by atomic mass is 10.0. The number of carbonyl (C=O) groups excluding carboxylic acids is 2. The smallest absolute Gasteiger partial charge is 0.305 e. The first-order chi connectivity index (χ1) is 40.5. The molecule has 0 spiro atoms. The van der Waals surface area contributed by atoms with Gasteiger partial charge < -0.3 is 20.3 Å². The highest BCUT2D eigenvalue weighted by molar-refractivity contribution is 5.76. The van der Waals surface area contributed by atoms with Crippen LogP contribution in [-0.4, -0.2) is 47.4 Å². The van der Waals surface area contributed by atoms with Crippen molar-refractivity contribution in [3.05, 3.63) is 36.5 Å². The fraction of sp³-hybridized carbons (Fsp3) is 0.895. The zero-order chi connectivity index (χ0) is 59.2. The van der Waals surface area contributed by atoms with Crippen molar-refractivity contribution in [2.75, 3.05) is 13.2 Å². The Morgan fingerprint density at radius 3 is 0.927 bits per heavy atom. The Balaban J connectivity index is 3.33. The van der Waals surface area contributed by atoms with Gasteiger partial charge in [-0.3, -0.25) is 9.59 Å². The number of unbranched alkanes of at least 4 members (excludes halogenated alkanes) is 55.